The van der Waals surface area contributed by atoms with Gasteiger partial charge in [0.15, 0.2) is 0 Å². The normalized spacial score (nSPS) is 9.43. The number of carbonyl (C=O) groups excluding carboxylic acids is 1. The largest absolute Gasteiger partial charge is 0.360 e. The lowest BCUT2D eigenvalue weighted by Gasteiger charge is -2.14. The fourth-order valence-corrected chi connectivity index (χ4v) is 1.64. The van der Waals surface area contributed by atoms with Crippen molar-refractivity contribution in [3.8, 4) is 12.1 Å². The summed E-state index contributed by atoms with van der Waals surface area (Å²) >= 11 is 0. The van der Waals surface area contributed by atoms with Crippen molar-refractivity contribution in [1.82, 2.24) is 4.90 Å². The zero-order chi connectivity index (χ0) is 15.8. The van der Waals surface area contributed by atoms with Crippen molar-refractivity contribution >= 4 is 17.3 Å². The first-order chi connectivity index (χ1) is 9.97. The van der Waals surface area contributed by atoms with Gasteiger partial charge in [-0.1, -0.05) is 6.07 Å². The van der Waals surface area contributed by atoms with Crippen molar-refractivity contribution in [2.45, 2.75) is 6.92 Å². The van der Waals surface area contributed by atoms with E-state index in [2.05, 4.69) is 10.6 Å². The van der Waals surface area contributed by atoms with Crippen molar-refractivity contribution < 1.29 is 4.79 Å². The first kappa shape index (κ1) is 16.2. The first-order valence-corrected chi connectivity index (χ1v) is 6.29. The van der Waals surface area contributed by atoms with Gasteiger partial charge in [0, 0.05) is 17.6 Å². The molecule has 1 aromatic rings. The topological polar surface area (TPSA) is 92.0 Å². The van der Waals surface area contributed by atoms with Crippen LogP contribution in [0.5, 0.6) is 0 Å². The lowest BCUT2D eigenvalue weighted by molar-refractivity contribution is -0.116. The highest BCUT2D eigenvalue weighted by Crippen LogP contribution is 2.23. The molecule has 1 aromatic carbocycles. The number of nitrogens with zero attached hydrogens (tertiary/aromatic N) is 3. The smallest absolute Gasteiger partial charge is 0.238 e. The minimum atomic E-state index is -0.106. The minimum Gasteiger partial charge on any atom is -0.360 e. The molecule has 0 saturated heterocycles. The van der Waals surface area contributed by atoms with Crippen LogP contribution in [0.3, 0.4) is 0 Å². The molecule has 0 fully saturated rings. The maximum atomic E-state index is 11.8. The standard InChI is InChI=1S/C15H17N5O/c1-11-13(18-9-12(7-16)8-17)5-4-6-14(11)19-15(21)10-20(2)3/h4-6,9,18H,10H2,1-3H3,(H,19,21). The summed E-state index contributed by atoms with van der Waals surface area (Å²) in [4.78, 5) is 13.6. The summed E-state index contributed by atoms with van der Waals surface area (Å²) in [6.45, 7) is 2.14. The second-order valence-corrected chi connectivity index (χ2v) is 4.69. The van der Waals surface area contributed by atoms with Crippen LogP contribution in [-0.4, -0.2) is 31.4 Å². The van der Waals surface area contributed by atoms with Gasteiger partial charge in [-0.05, 0) is 38.7 Å². The van der Waals surface area contributed by atoms with E-state index in [-0.39, 0.29) is 11.5 Å². The molecule has 0 bridgehead atoms. The highest BCUT2D eigenvalue weighted by Gasteiger charge is 2.08. The molecule has 0 aromatic heterocycles. The predicted molar refractivity (Wildman–Crippen MR) is 81.3 cm³/mol. The molecular formula is C15H17N5O. The third-order valence-corrected chi connectivity index (χ3v) is 2.68. The fraction of sp³-hybridized carbons (Fsp3) is 0.267. The van der Waals surface area contributed by atoms with Crippen molar-refractivity contribution in [2.24, 2.45) is 0 Å². The number of nitrogens with one attached hydrogen (secondary N) is 2. The van der Waals surface area contributed by atoms with E-state index in [0.717, 1.165) is 11.3 Å². The molecule has 108 valence electrons. The number of allylic oxidation sites excluding steroid dienone is 1. The van der Waals surface area contributed by atoms with Gasteiger partial charge in [-0.2, -0.15) is 10.5 Å². The van der Waals surface area contributed by atoms with Crippen LogP contribution < -0.4 is 10.6 Å². The number of likely N-dealkylation sites (N-methyl/N-ethyl adjacent to an activating group) is 1. The molecule has 0 aliphatic heterocycles. The van der Waals surface area contributed by atoms with E-state index in [0.29, 0.717) is 12.2 Å². The zero-order valence-electron chi connectivity index (χ0n) is 12.3. The van der Waals surface area contributed by atoms with E-state index in [1.165, 1.54) is 6.20 Å². The predicted octanol–water partition coefficient (Wildman–Crippen LogP) is 1.84. The van der Waals surface area contributed by atoms with E-state index >= 15 is 0 Å². The number of carbonyl (C=O) groups is 1. The van der Waals surface area contributed by atoms with Crippen LogP contribution in [-0.2, 0) is 4.79 Å². The van der Waals surface area contributed by atoms with E-state index in [1.54, 1.807) is 35.2 Å². The van der Waals surface area contributed by atoms with E-state index in [1.807, 2.05) is 21.0 Å². The van der Waals surface area contributed by atoms with Crippen LogP contribution in [0, 0.1) is 29.6 Å². The average molecular weight is 283 g/mol. The summed E-state index contributed by atoms with van der Waals surface area (Å²) in [6.07, 6.45) is 1.34. The number of nitriles is 2. The molecule has 0 aliphatic rings. The molecule has 0 unspecified atom stereocenters. The monoisotopic (exact) mass is 283 g/mol. The van der Waals surface area contributed by atoms with Gasteiger partial charge in [-0.3, -0.25) is 4.79 Å². The second-order valence-electron chi connectivity index (χ2n) is 4.69. The molecule has 1 rings (SSSR count). The molecule has 1 amide bonds. The molecule has 6 nitrogen and oxygen atoms in total. The van der Waals surface area contributed by atoms with Crippen LogP contribution >= 0.6 is 0 Å². The number of rotatable bonds is 5. The van der Waals surface area contributed by atoms with Gasteiger partial charge >= 0.3 is 0 Å². The maximum Gasteiger partial charge on any atom is 0.238 e. The Balaban J connectivity index is 2.89. The van der Waals surface area contributed by atoms with E-state index < -0.39 is 0 Å². The van der Waals surface area contributed by atoms with Crippen LogP contribution in [0.4, 0.5) is 11.4 Å². The molecule has 0 heterocycles. The molecule has 0 saturated carbocycles. The maximum absolute atomic E-state index is 11.8. The van der Waals surface area contributed by atoms with Crippen molar-refractivity contribution in [1.29, 1.82) is 10.5 Å². The Morgan fingerprint density at radius 2 is 1.90 bits per heavy atom. The first-order valence-electron chi connectivity index (χ1n) is 6.29. The Hall–Kier alpha value is -2.83. The number of hydrogen-bond donors (Lipinski definition) is 2. The minimum absolute atomic E-state index is 0.0172. The van der Waals surface area contributed by atoms with Gasteiger partial charge in [-0.25, -0.2) is 0 Å². The second kappa shape index (κ2) is 7.68. The highest BCUT2D eigenvalue weighted by atomic mass is 16.2. The molecule has 21 heavy (non-hydrogen) atoms. The fourth-order valence-electron chi connectivity index (χ4n) is 1.64. The zero-order valence-corrected chi connectivity index (χ0v) is 12.3. The van der Waals surface area contributed by atoms with Crippen LogP contribution in [0.1, 0.15) is 5.56 Å². The number of hydrogen-bond acceptors (Lipinski definition) is 5. The molecule has 0 atom stereocenters. The molecular weight excluding hydrogens is 266 g/mol. The Morgan fingerprint density at radius 3 is 2.48 bits per heavy atom. The summed E-state index contributed by atoms with van der Waals surface area (Å²) < 4.78 is 0. The molecule has 0 aliphatic carbocycles. The molecule has 6 heteroatoms. The summed E-state index contributed by atoms with van der Waals surface area (Å²) in [6, 6.07) is 8.93. The quantitative estimate of drug-likeness (QED) is 0.804. The third kappa shape index (κ3) is 4.98. The summed E-state index contributed by atoms with van der Waals surface area (Å²) in [5, 5.41) is 23.1. The average Bonchev–Trinajstić information content (AvgIpc) is 2.42. The van der Waals surface area contributed by atoms with E-state index in [4.69, 9.17) is 10.5 Å². The SMILES string of the molecule is Cc1c(NC=C(C#N)C#N)cccc1NC(=O)CN(C)C. The van der Waals surface area contributed by atoms with E-state index in [9.17, 15) is 4.79 Å². The van der Waals surface area contributed by atoms with Gasteiger partial charge in [0.25, 0.3) is 0 Å². The summed E-state index contributed by atoms with van der Waals surface area (Å²) in [5.74, 6) is -0.106. The summed E-state index contributed by atoms with van der Waals surface area (Å²) in [7, 11) is 3.64. The Morgan fingerprint density at radius 1 is 1.29 bits per heavy atom. The van der Waals surface area contributed by atoms with Gasteiger partial charge in [-0.15, -0.1) is 0 Å². The van der Waals surface area contributed by atoms with Gasteiger partial charge in [0.2, 0.25) is 5.91 Å². The van der Waals surface area contributed by atoms with Gasteiger partial charge < -0.3 is 15.5 Å². The third-order valence-electron chi connectivity index (χ3n) is 2.68. The Bertz CT molecular complexity index is 618. The highest BCUT2D eigenvalue weighted by molar-refractivity contribution is 5.93. The Labute approximate surface area is 124 Å². The number of anilines is 2. The lowest BCUT2D eigenvalue weighted by atomic mass is 10.1. The van der Waals surface area contributed by atoms with Crippen LogP contribution in [0.2, 0.25) is 0 Å². The Kier molecular flexibility index (Phi) is 5.94. The molecule has 0 spiro atoms. The number of amides is 1. The lowest BCUT2D eigenvalue weighted by Crippen LogP contribution is -2.27. The molecule has 0 radical (unpaired) electrons. The van der Waals surface area contributed by atoms with Crippen LogP contribution in [0.15, 0.2) is 30.0 Å². The van der Waals surface area contributed by atoms with Gasteiger partial charge in [0.1, 0.15) is 17.7 Å². The van der Waals surface area contributed by atoms with Crippen LogP contribution in [0.25, 0.3) is 0 Å². The summed E-state index contributed by atoms with van der Waals surface area (Å²) in [5.41, 5.74) is 2.23. The van der Waals surface area contributed by atoms with Crippen molar-refractivity contribution in [2.75, 3.05) is 31.3 Å². The van der Waals surface area contributed by atoms with Crippen molar-refractivity contribution in [3.05, 3.63) is 35.5 Å². The number of benzene rings is 1. The molecule has 2 N–H and O–H groups in total. The van der Waals surface area contributed by atoms with Crippen molar-refractivity contribution in [3.63, 3.8) is 0 Å². The van der Waals surface area contributed by atoms with Gasteiger partial charge in [0.05, 0.1) is 6.54 Å².